The Balaban J connectivity index is 1.30. The summed E-state index contributed by atoms with van der Waals surface area (Å²) >= 11 is 0. The van der Waals surface area contributed by atoms with E-state index in [1.54, 1.807) is 22.2 Å². The van der Waals surface area contributed by atoms with Crippen molar-refractivity contribution in [3.63, 3.8) is 0 Å². The van der Waals surface area contributed by atoms with Gasteiger partial charge in [0.2, 0.25) is 5.95 Å². The van der Waals surface area contributed by atoms with Crippen molar-refractivity contribution >= 4 is 22.6 Å². The van der Waals surface area contributed by atoms with E-state index in [9.17, 15) is 13.9 Å². The molecule has 33 heavy (non-hydrogen) atoms. The van der Waals surface area contributed by atoms with E-state index in [4.69, 9.17) is 4.98 Å². The zero-order valence-electron chi connectivity index (χ0n) is 18.5. The standard InChI is InChI=1S/C23H25F2N7O/c1-13-27-17-4-3-16(29-20(17)32(13)19-11-23(19,24)25)15-7-10-31-18(15)12-26-21(30-31)28-14-5-8-22(2,33)9-6-14/h3-4,7,10,12,14,19,33H,5-6,8-9,11H2,1-2H3,(H,28,30)/t14?,19-,22?/m0/s1. The molecule has 0 saturated heterocycles. The zero-order chi connectivity index (χ0) is 23.0. The SMILES string of the molecule is Cc1nc2ccc(-c3ccn4nc(NC5CCC(C)(O)CC5)ncc34)nc2n1[C@H]1CC1(F)F. The number of anilines is 1. The third-order valence-corrected chi connectivity index (χ3v) is 6.91. The third kappa shape index (κ3) is 3.52. The fourth-order valence-corrected chi connectivity index (χ4v) is 4.84. The van der Waals surface area contributed by atoms with E-state index in [1.165, 1.54) is 0 Å². The van der Waals surface area contributed by atoms with Gasteiger partial charge in [-0.3, -0.25) is 0 Å². The normalized spacial score (nSPS) is 26.7. The van der Waals surface area contributed by atoms with E-state index in [-0.39, 0.29) is 12.5 Å². The predicted octanol–water partition coefficient (Wildman–Crippen LogP) is 4.14. The van der Waals surface area contributed by atoms with Crippen molar-refractivity contribution < 1.29 is 13.9 Å². The quantitative estimate of drug-likeness (QED) is 0.483. The van der Waals surface area contributed by atoms with Crippen molar-refractivity contribution in [2.24, 2.45) is 0 Å². The van der Waals surface area contributed by atoms with Gasteiger partial charge in [-0.1, -0.05) is 0 Å². The number of nitrogens with zero attached hydrogens (tertiary/aromatic N) is 6. The van der Waals surface area contributed by atoms with Gasteiger partial charge in [-0.2, -0.15) is 0 Å². The van der Waals surface area contributed by atoms with Crippen LogP contribution in [0.25, 0.3) is 27.9 Å². The number of pyridine rings is 1. The summed E-state index contributed by atoms with van der Waals surface area (Å²) in [6.07, 6.45) is 6.63. The largest absolute Gasteiger partial charge is 0.390 e. The van der Waals surface area contributed by atoms with Gasteiger partial charge in [-0.25, -0.2) is 28.2 Å². The van der Waals surface area contributed by atoms with Crippen LogP contribution in [-0.4, -0.2) is 51.8 Å². The Morgan fingerprint density at radius 1 is 1.15 bits per heavy atom. The summed E-state index contributed by atoms with van der Waals surface area (Å²) in [5.74, 6) is -1.63. The molecular weight excluding hydrogens is 428 g/mol. The van der Waals surface area contributed by atoms with E-state index in [0.717, 1.165) is 36.8 Å². The van der Waals surface area contributed by atoms with E-state index < -0.39 is 17.6 Å². The molecule has 1 atom stereocenters. The first-order valence-corrected chi connectivity index (χ1v) is 11.3. The van der Waals surface area contributed by atoms with Crippen molar-refractivity contribution in [2.75, 3.05) is 5.32 Å². The smallest absolute Gasteiger partial charge is 0.270 e. The van der Waals surface area contributed by atoms with Crippen LogP contribution >= 0.6 is 0 Å². The molecule has 0 amide bonds. The summed E-state index contributed by atoms with van der Waals surface area (Å²) in [6, 6.07) is 4.92. The van der Waals surface area contributed by atoms with Crippen LogP contribution in [0.5, 0.6) is 0 Å². The molecule has 0 radical (unpaired) electrons. The predicted molar refractivity (Wildman–Crippen MR) is 119 cm³/mol. The molecule has 2 aliphatic rings. The molecule has 2 fully saturated rings. The Bertz CT molecular complexity index is 1370. The average molecular weight is 453 g/mol. The maximum absolute atomic E-state index is 13.8. The molecule has 6 rings (SSSR count). The molecule has 0 aliphatic heterocycles. The fraction of sp³-hybridized carbons (Fsp3) is 0.478. The fourth-order valence-electron chi connectivity index (χ4n) is 4.84. The molecule has 2 N–H and O–H groups in total. The lowest BCUT2D eigenvalue weighted by atomic mass is 9.84. The molecule has 2 saturated carbocycles. The minimum Gasteiger partial charge on any atom is -0.390 e. The Labute approximate surface area is 188 Å². The van der Waals surface area contributed by atoms with E-state index in [0.29, 0.717) is 28.6 Å². The van der Waals surface area contributed by atoms with Gasteiger partial charge in [-0.15, -0.1) is 5.10 Å². The number of aromatic nitrogens is 6. The summed E-state index contributed by atoms with van der Waals surface area (Å²) in [6.45, 7) is 3.61. The van der Waals surface area contributed by atoms with E-state index >= 15 is 0 Å². The van der Waals surface area contributed by atoms with Crippen LogP contribution < -0.4 is 5.32 Å². The monoisotopic (exact) mass is 453 g/mol. The number of nitrogens with one attached hydrogen (secondary N) is 1. The van der Waals surface area contributed by atoms with Gasteiger partial charge >= 0.3 is 0 Å². The molecule has 0 spiro atoms. The maximum atomic E-state index is 13.8. The number of aryl methyl sites for hydroxylation is 1. The second kappa shape index (κ2) is 6.93. The first-order chi connectivity index (χ1) is 15.7. The van der Waals surface area contributed by atoms with Gasteiger partial charge in [-0.05, 0) is 57.7 Å². The van der Waals surface area contributed by atoms with Crippen molar-refractivity contribution in [1.82, 2.24) is 29.1 Å². The Morgan fingerprint density at radius 3 is 2.64 bits per heavy atom. The highest BCUT2D eigenvalue weighted by molar-refractivity contribution is 5.83. The molecule has 0 bridgehead atoms. The van der Waals surface area contributed by atoms with Crippen molar-refractivity contribution in [2.45, 2.75) is 69.6 Å². The van der Waals surface area contributed by atoms with Crippen LogP contribution in [0.15, 0.2) is 30.6 Å². The number of alkyl halides is 2. The molecule has 8 nitrogen and oxygen atoms in total. The number of hydrogen-bond donors (Lipinski definition) is 2. The molecule has 0 aromatic carbocycles. The summed E-state index contributed by atoms with van der Waals surface area (Å²) < 4.78 is 30.9. The minimum absolute atomic E-state index is 0.178. The number of fused-ring (bicyclic) bond motifs is 2. The van der Waals surface area contributed by atoms with Crippen molar-refractivity contribution in [3.8, 4) is 11.3 Å². The summed E-state index contributed by atoms with van der Waals surface area (Å²) in [7, 11) is 0. The second-order valence-electron chi connectivity index (χ2n) is 9.61. The Morgan fingerprint density at radius 2 is 1.91 bits per heavy atom. The lowest BCUT2D eigenvalue weighted by Crippen LogP contribution is -2.36. The minimum atomic E-state index is -2.70. The van der Waals surface area contributed by atoms with Gasteiger partial charge in [0.25, 0.3) is 5.92 Å². The van der Waals surface area contributed by atoms with Gasteiger partial charge in [0.15, 0.2) is 5.65 Å². The van der Waals surface area contributed by atoms with Gasteiger partial charge in [0, 0.05) is 24.2 Å². The number of aliphatic hydroxyl groups is 1. The second-order valence-corrected chi connectivity index (χ2v) is 9.61. The summed E-state index contributed by atoms with van der Waals surface area (Å²) in [4.78, 5) is 13.6. The summed E-state index contributed by atoms with van der Waals surface area (Å²) in [5.41, 5.74) is 2.75. The molecule has 4 heterocycles. The van der Waals surface area contributed by atoms with Crippen LogP contribution in [0.2, 0.25) is 0 Å². The molecule has 4 aromatic heterocycles. The van der Waals surface area contributed by atoms with Crippen molar-refractivity contribution in [1.29, 1.82) is 0 Å². The Kier molecular flexibility index (Phi) is 4.30. The molecule has 0 unspecified atom stereocenters. The van der Waals surface area contributed by atoms with Crippen LogP contribution in [0.4, 0.5) is 14.7 Å². The van der Waals surface area contributed by atoms with Gasteiger partial charge < -0.3 is 15.0 Å². The molecule has 172 valence electrons. The molecule has 2 aliphatic carbocycles. The molecule has 10 heteroatoms. The maximum Gasteiger partial charge on any atom is 0.270 e. The highest BCUT2D eigenvalue weighted by atomic mass is 19.3. The van der Waals surface area contributed by atoms with Crippen LogP contribution in [-0.2, 0) is 0 Å². The Hall–Kier alpha value is -3.14. The lowest BCUT2D eigenvalue weighted by Gasteiger charge is -2.33. The highest BCUT2D eigenvalue weighted by Gasteiger charge is 2.59. The van der Waals surface area contributed by atoms with Crippen LogP contribution in [0, 0.1) is 6.92 Å². The summed E-state index contributed by atoms with van der Waals surface area (Å²) in [5, 5.41) is 18.1. The number of imidazole rings is 1. The van der Waals surface area contributed by atoms with E-state index in [2.05, 4.69) is 20.4 Å². The van der Waals surface area contributed by atoms with Gasteiger partial charge in [0.1, 0.15) is 17.4 Å². The van der Waals surface area contributed by atoms with E-state index in [1.807, 2.05) is 31.3 Å². The van der Waals surface area contributed by atoms with Crippen LogP contribution in [0.1, 0.15) is 50.9 Å². The first kappa shape index (κ1) is 20.5. The molecular formula is C23H25F2N7O. The molecule has 4 aromatic rings. The third-order valence-electron chi connectivity index (χ3n) is 6.91. The zero-order valence-corrected chi connectivity index (χ0v) is 18.5. The van der Waals surface area contributed by atoms with Gasteiger partial charge in [0.05, 0.1) is 23.0 Å². The van der Waals surface area contributed by atoms with Crippen LogP contribution in [0.3, 0.4) is 0 Å². The first-order valence-electron chi connectivity index (χ1n) is 11.3. The highest BCUT2D eigenvalue weighted by Crippen LogP contribution is 2.53. The topological polar surface area (TPSA) is 93.2 Å². The number of halogens is 2. The average Bonchev–Trinajstić information content (AvgIpc) is 3.09. The number of rotatable bonds is 4. The number of hydrogen-bond acceptors (Lipinski definition) is 6. The van der Waals surface area contributed by atoms with Crippen molar-refractivity contribution in [3.05, 3.63) is 36.4 Å². The lowest BCUT2D eigenvalue weighted by molar-refractivity contribution is 0.0195.